The van der Waals surface area contributed by atoms with Crippen LogP contribution >= 0.6 is 0 Å². The average molecular weight is 674 g/mol. The highest BCUT2D eigenvalue weighted by atomic mass is 32.2. The third kappa shape index (κ3) is 8.13. The second kappa shape index (κ2) is 13.9. The third-order valence-corrected chi connectivity index (χ3v) is 7.50. The molecule has 1 aliphatic rings. The number of pyridine rings is 1. The van der Waals surface area contributed by atoms with E-state index in [9.17, 15) is 22.3 Å². The standard InChI is InChI=1S/C31H30F4N6O5S/c1-31(2,3)46-30(42)40-13-5-6-20(17-40)38-29-37-12-10-23(39-29)22-7-4-11-36-28(22)45-25-9-8-24(26(34)27(25)35)41(47(43)44)21-15-18(32)14-19(33)16-21/h4,7-12,14-16,20H,5-6,13,17H2,1-3H3,(H,43,44)(H,37,38,39)/p-1/t20-/m0/s1. The summed E-state index contributed by atoms with van der Waals surface area (Å²) in [4.78, 5) is 27.1. The van der Waals surface area contributed by atoms with Gasteiger partial charge in [0.25, 0.3) is 0 Å². The van der Waals surface area contributed by atoms with E-state index in [2.05, 4.69) is 20.3 Å². The van der Waals surface area contributed by atoms with Crippen LogP contribution < -0.4 is 14.4 Å². The zero-order chi connectivity index (χ0) is 33.9. The topological polar surface area (TPSA) is 133 Å². The van der Waals surface area contributed by atoms with E-state index in [0.717, 1.165) is 25.0 Å². The molecule has 1 fully saturated rings. The number of hydrogen-bond acceptors (Lipinski definition) is 9. The number of rotatable bonds is 8. The van der Waals surface area contributed by atoms with Crippen LogP contribution in [0.2, 0.25) is 0 Å². The van der Waals surface area contributed by atoms with Crippen LogP contribution in [0.5, 0.6) is 11.6 Å². The Labute approximate surface area is 270 Å². The van der Waals surface area contributed by atoms with Crippen LogP contribution in [-0.4, -0.2) is 59.4 Å². The van der Waals surface area contributed by atoms with Gasteiger partial charge in [0.1, 0.15) is 17.2 Å². The van der Waals surface area contributed by atoms with E-state index in [1.165, 1.54) is 12.4 Å². The Balaban J connectivity index is 1.37. The van der Waals surface area contributed by atoms with Crippen molar-refractivity contribution in [1.82, 2.24) is 19.9 Å². The summed E-state index contributed by atoms with van der Waals surface area (Å²) < 4.78 is 93.3. The third-order valence-electron chi connectivity index (χ3n) is 6.79. The maximum Gasteiger partial charge on any atom is 0.410 e. The zero-order valence-electron chi connectivity index (χ0n) is 25.4. The number of carbonyl (C=O) groups is 1. The van der Waals surface area contributed by atoms with Gasteiger partial charge in [-0.25, -0.2) is 32.9 Å². The highest BCUT2D eigenvalue weighted by Crippen LogP contribution is 2.37. The number of nitrogens with zero attached hydrogens (tertiary/aromatic N) is 5. The molecule has 248 valence electrons. The molecule has 1 unspecified atom stereocenters. The van der Waals surface area contributed by atoms with Crippen LogP contribution in [0.4, 0.5) is 39.7 Å². The molecule has 0 spiro atoms. The van der Waals surface area contributed by atoms with E-state index in [0.29, 0.717) is 42.5 Å². The number of amides is 1. The van der Waals surface area contributed by atoms with Gasteiger partial charge in [0.05, 0.1) is 33.9 Å². The molecule has 2 aromatic heterocycles. The molecule has 0 radical (unpaired) electrons. The molecule has 16 heteroatoms. The van der Waals surface area contributed by atoms with E-state index < -0.39 is 63.4 Å². The number of nitrogens with one attached hydrogen (secondary N) is 1. The van der Waals surface area contributed by atoms with Crippen LogP contribution in [0, 0.1) is 23.3 Å². The summed E-state index contributed by atoms with van der Waals surface area (Å²) in [6.07, 6.45) is 3.91. The first-order chi connectivity index (χ1) is 22.3. The Morgan fingerprint density at radius 3 is 2.49 bits per heavy atom. The molecule has 0 saturated carbocycles. The Morgan fingerprint density at radius 1 is 1.04 bits per heavy atom. The smallest absolute Gasteiger partial charge is 0.410 e. The van der Waals surface area contributed by atoms with Crippen molar-refractivity contribution >= 4 is 34.7 Å². The van der Waals surface area contributed by atoms with Gasteiger partial charge in [-0.3, -0.25) is 8.51 Å². The molecule has 0 bridgehead atoms. The van der Waals surface area contributed by atoms with Gasteiger partial charge >= 0.3 is 6.09 Å². The van der Waals surface area contributed by atoms with Crippen molar-refractivity contribution in [3.05, 3.63) is 84.2 Å². The van der Waals surface area contributed by atoms with Gasteiger partial charge in [-0.05, 0) is 76.1 Å². The van der Waals surface area contributed by atoms with Gasteiger partial charge in [-0.15, -0.1) is 0 Å². The van der Waals surface area contributed by atoms with Crippen molar-refractivity contribution in [2.45, 2.75) is 45.3 Å². The van der Waals surface area contributed by atoms with E-state index >= 15 is 8.78 Å². The molecular weight excluding hydrogens is 644 g/mol. The molecule has 1 saturated heterocycles. The second-order valence-electron chi connectivity index (χ2n) is 11.5. The lowest BCUT2D eigenvalue weighted by molar-refractivity contribution is 0.0206. The summed E-state index contributed by atoms with van der Waals surface area (Å²) in [5.74, 6) is -6.04. The zero-order valence-corrected chi connectivity index (χ0v) is 26.2. The fourth-order valence-electron chi connectivity index (χ4n) is 4.84. The summed E-state index contributed by atoms with van der Waals surface area (Å²) in [5, 5.41) is 3.23. The molecule has 47 heavy (non-hydrogen) atoms. The molecule has 0 aliphatic carbocycles. The predicted octanol–water partition coefficient (Wildman–Crippen LogP) is 6.63. The van der Waals surface area contributed by atoms with Crippen molar-refractivity contribution in [1.29, 1.82) is 0 Å². The number of hydrogen-bond donors (Lipinski definition) is 1. The Kier molecular flexibility index (Phi) is 9.91. The predicted molar refractivity (Wildman–Crippen MR) is 164 cm³/mol. The lowest BCUT2D eigenvalue weighted by atomic mass is 10.1. The van der Waals surface area contributed by atoms with Gasteiger partial charge < -0.3 is 24.2 Å². The molecular formula is C31H29F4N6O5S-. The molecule has 1 N–H and O–H groups in total. The number of piperidine rings is 1. The first kappa shape index (κ1) is 33.5. The van der Waals surface area contributed by atoms with E-state index in [-0.39, 0.29) is 22.2 Å². The van der Waals surface area contributed by atoms with Crippen LogP contribution in [0.25, 0.3) is 11.3 Å². The number of likely N-dealkylation sites (tertiary alicyclic amines) is 1. The van der Waals surface area contributed by atoms with Crippen molar-refractivity contribution in [3.8, 4) is 22.9 Å². The number of anilines is 3. The maximum atomic E-state index is 15.3. The normalized spacial score (nSPS) is 15.6. The Bertz CT molecular complexity index is 1790. The fourth-order valence-corrected chi connectivity index (χ4v) is 5.42. The number of carbonyl (C=O) groups excluding carboxylic acids is 1. The minimum atomic E-state index is -3.28. The highest BCUT2D eigenvalue weighted by molar-refractivity contribution is 7.81. The number of ether oxygens (including phenoxy) is 2. The first-order valence-electron chi connectivity index (χ1n) is 14.3. The number of halogens is 4. The van der Waals surface area contributed by atoms with E-state index in [1.54, 1.807) is 43.9 Å². The number of aromatic nitrogens is 3. The van der Waals surface area contributed by atoms with Crippen LogP contribution in [0.1, 0.15) is 33.6 Å². The summed E-state index contributed by atoms with van der Waals surface area (Å²) >= 11 is -3.28. The highest BCUT2D eigenvalue weighted by Gasteiger charge is 2.28. The lowest BCUT2D eigenvalue weighted by Gasteiger charge is -2.34. The van der Waals surface area contributed by atoms with Gasteiger partial charge in [0.2, 0.25) is 17.6 Å². The largest absolute Gasteiger partial charge is 0.755 e. The van der Waals surface area contributed by atoms with Crippen LogP contribution in [0.15, 0.2) is 60.9 Å². The van der Waals surface area contributed by atoms with E-state index in [1.807, 2.05) is 0 Å². The van der Waals surface area contributed by atoms with E-state index in [4.69, 9.17) is 9.47 Å². The monoisotopic (exact) mass is 673 g/mol. The summed E-state index contributed by atoms with van der Waals surface area (Å²) in [5.41, 5.74) is -1.44. The molecule has 2 atom stereocenters. The molecule has 2 aromatic carbocycles. The molecule has 5 rings (SSSR count). The summed E-state index contributed by atoms with van der Waals surface area (Å²) in [6.45, 7) is 6.31. The molecule has 11 nitrogen and oxygen atoms in total. The fraction of sp³-hybridized carbons (Fsp3) is 0.290. The van der Waals surface area contributed by atoms with Crippen molar-refractivity contribution < 1.29 is 40.6 Å². The minimum absolute atomic E-state index is 0.159. The Morgan fingerprint density at radius 2 is 1.79 bits per heavy atom. The Hall–Kier alpha value is -4.83. The maximum absolute atomic E-state index is 15.3. The second-order valence-corrected chi connectivity index (χ2v) is 12.3. The number of benzene rings is 2. The molecule has 3 heterocycles. The van der Waals surface area contributed by atoms with Gasteiger partial charge in [0, 0.05) is 37.6 Å². The quantitative estimate of drug-likeness (QED) is 0.162. The van der Waals surface area contributed by atoms with Crippen LogP contribution in [0.3, 0.4) is 0 Å². The first-order valence-corrected chi connectivity index (χ1v) is 15.4. The summed E-state index contributed by atoms with van der Waals surface area (Å²) in [6, 6.07) is 8.19. The molecule has 4 aromatic rings. The van der Waals surface area contributed by atoms with Gasteiger partial charge in [-0.2, -0.15) is 4.39 Å². The molecule has 1 aliphatic heterocycles. The molecule has 1 amide bonds. The minimum Gasteiger partial charge on any atom is -0.755 e. The average Bonchev–Trinajstić information content (AvgIpc) is 3.00. The van der Waals surface area contributed by atoms with Crippen molar-refractivity contribution in [3.63, 3.8) is 0 Å². The van der Waals surface area contributed by atoms with Crippen molar-refractivity contribution in [2.24, 2.45) is 0 Å². The summed E-state index contributed by atoms with van der Waals surface area (Å²) in [7, 11) is 0. The van der Waals surface area contributed by atoms with Crippen molar-refractivity contribution in [2.75, 3.05) is 22.7 Å². The van der Waals surface area contributed by atoms with Gasteiger partial charge in [-0.1, -0.05) is 0 Å². The van der Waals surface area contributed by atoms with Gasteiger partial charge in [0.15, 0.2) is 11.6 Å². The lowest BCUT2D eigenvalue weighted by Crippen LogP contribution is -2.47. The SMILES string of the molecule is CC(C)(C)OC(=O)N1CCC[C@H](Nc2nccc(-c3cccnc3Oc3ccc(N(c4cc(F)cc(F)c4)S(=O)[O-])c(F)c3F)n2)C1. The van der Waals surface area contributed by atoms with Crippen LogP contribution in [-0.2, 0) is 16.0 Å².